The van der Waals surface area contributed by atoms with Gasteiger partial charge in [0.15, 0.2) is 0 Å². The highest BCUT2D eigenvalue weighted by Crippen LogP contribution is 2.26. The van der Waals surface area contributed by atoms with Crippen molar-refractivity contribution >= 4 is 12.0 Å². The number of likely N-dealkylation sites (tertiary alicyclic amines) is 1. The van der Waals surface area contributed by atoms with Crippen molar-refractivity contribution in [3.8, 4) is 0 Å². The third-order valence-electron chi connectivity index (χ3n) is 5.23. The Balaban J connectivity index is 1.81. The molecule has 0 aromatic carbocycles. The summed E-state index contributed by atoms with van der Waals surface area (Å²) in [5.41, 5.74) is -0.591. The molecule has 2 fully saturated rings. The topological polar surface area (TPSA) is 71.1 Å². The highest BCUT2D eigenvalue weighted by Gasteiger charge is 2.31. The van der Waals surface area contributed by atoms with Crippen molar-refractivity contribution in [1.29, 1.82) is 0 Å². The summed E-state index contributed by atoms with van der Waals surface area (Å²) in [6.45, 7) is 8.54. The molecule has 1 saturated carbocycles. The maximum absolute atomic E-state index is 12.5. The van der Waals surface area contributed by atoms with Gasteiger partial charge < -0.3 is 19.7 Å². The molecule has 2 amide bonds. The van der Waals surface area contributed by atoms with Crippen LogP contribution in [-0.2, 0) is 14.3 Å². The fraction of sp³-hybridized carbons (Fsp3) is 0.900. The average Bonchev–Trinajstić information content (AvgIpc) is 3.06. The van der Waals surface area contributed by atoms with E-state index < -0.39 is 11.7 Å². The minimum Gasteiger partial charge on any atom is -0.444 e. The molecule has 0 radical (unpaired) electrons. The van der Waals surface area contributed by atoms with Crippen molar-refractivity contribution < 1.29 is 19.1 Å². The van der Waals surface area contributed by atoms with Crippen LogP contribution in [0.1, 0.15) is 59.3 Å². The van der Waals surface area contributed by atoms with Crippen LogP contribution in [0.15, 0.2) is 0 Å². The van der Waals surface area contributed by atoms with Crippen LogP contribution in [0, 0.1) is 0 Å². The molecule has 1 aliphatic carbocycles. The van der Waals surface area contributed by atoms with Crippen LogP contribution in [0.3, 0.4) is 0 Å². The lowest BCUT2D eigenvalue weighted by Gasteiger charge is -2.32. The van der Waals surface area contributed by atoms with Gasteiger partial charge in [-0.1, -0.05) is 6.42 Å². The van der Waals surface area contributed by atoms with E-state index in [0.717, 1.165) is 19.3 Å². The zero-order chi connectivity index (χ0) is 19.9. The van der Waals surface area contributed by atoms with Gasteiger partial charge >= 0.3 is 6.09 Å². The van der Waals surface area contributed by atoms with Crippen molar-refractivity contribution in [3.05, 3.63) is 0 Å². The lowest BCUT2D eigenvalue weighted by molar-refractivity contribution is -0.123. The van der Waals surface area contributed by atoms with E-state index >= 15 is 0 Å². The number of ether oxygens (including phenoxy) is 2. The van der Waals surface area contributed by atoms with Crippen LogP contribution >= 0.6 is 0 Å². The Morgan fingerprint density at radius 2 is 1.85 bits per heavy atom. The molecule has 0 bridgehead atoms. The van der Waals surface area contributed by atoms with Crippen LogP contribution in [-0.4, -0.2) is 79.4 Å². The van der Waals surface area contributed by atoms with E-state index in [4.69, 9.17) is 9.47 Å². The predicted octanol–water partition coefficient (Wildman–Crippen LogP) is 2.39. The molecule has 2 aliphatic rings. The molecule has 1 aliphatic heterocycles. The van der Waals surface area contributed by atoms with Crippen LogP contribution < -0.4 is 5.32 Å². The number of carbonyl (C=O) groups excluding carboxylic acids is 2. The molecule has 7 heteroatoms. The first-order valence-corrected chi connectivity index (χ1v) is 10.3. The van der Waals surface area contributed by atoms with Gasteiger partial charge in [0.05, 0.1) is 6.61 Å². The lowest BCUT2D eigenvalue weighted by atomic mass is 10.1. The quantitative estimate of drug-likeness (QED) is 0.731. The average molecular weight is 384 g/mol. The Bertz CT molecular complexity index is 486. The summed E-state index contributed by atoms with van der Waals surface area (Å²) in [4.78, 5) is 28.9. The van der Waals surface area contributed by atoms with Crippen molar-refractivity contribution in [2.45, 2.75) is 77.0 Å². The second-order valence-electron chi connectivity index (χ2n) is 8.72. The highest BCUT2D eigenvalue weighted by molar-refractivity contribution is 5.82. The summed E-state index contributed by atoms with van der Waals surface area (Å²) in [5.74, 6) is -0.124. The highest BCUT2D eigenvalue weighted by atomic mass is 16.6. The van der Waals surface area contributed by atoms with E-state index in [1.807, 2.05) is 20.8 Å². The molecule has 0 aromatic rings. The number of rotatable bonds is 7. The van der Waals surface area contributed by atoms with Gasteiger partial charge in [-0.25, -0.2) is 4.79 Å². The van der Waals surface area contributed by atoms with Crippen LogP contribution in [0.4, 0.5) is 4.79 Å². The second kappa shape index (κ2) is 10.3. The Morgan fingerprint density at radius 3 is 2.48 bits per heavy atom. The number of piperidine rings is 1. The third-order valence-corrected chi connectivity index (χ3v) is 5.23. The molecular weight excluding hydrogens is 346 g/mol. The van der Waals surface area contributed by atoms with E-state index in [0.29, 0.717) is 19.2 Å². The van der Waals surface area contributed by atoms with Crippen molar-refractivity contribution in [2.75, 3.05) is 39.9 Å². The van der Waals surface area contributed by atoms with E-state index in [2.05, 4.69) is 10.2 Å². The summed E-state index contributed by atoms with van der Waals surface area (Å²) in [6.07, 6.45) is 6.60. The minimum absolute atomic E-state index is 0.00313. The first kappa shape index (κ1) is 22.0. The van der Waals surface area contributed by atoms with E-state index in [1.165, 1.54) is 37.3 Å². The van der Waals surface area contributed by atoms with Gasteiger partial charge in [0, 0.05) is 25.7 Å². The number of nitrogens with one attached hydrogen (secondary N) is 1. The third kappa shape index (κ3) is 7.66. The second-order valence-corrected chi connectivity index (χ2v) is 8.72. The standard InChI is InChI=1S/C20H37N3O4/c1-20(2,3)27-19(25)23(12-13-26-4)15-18(24)21-16-8-9-17(14-16)22-10-6-5-7-11-22/h16-17H,5-15H2,1-4H3,(H,21,24)/t16-,17-/m1/s1. The van der Waals surface area contributed by atoms with Gasteiger partial charge in [-0.2, -0.15) is 0 Å². The fourth-order valence-corrected chi connectivity index (χ4v) is 3.91. The van der Waals surface area contributed by atoms with Gasteiger partial charge in [0.25, 0.3) is 0 Å². The molecule has 156 valence electrons. The molecule has 2 rings (SSSR count). The van der Waals surface area contributed by atoms with E-state index in [1.54, 1.807) is 7.11 Å². The monoisotopic (exact) mass is 383 g/mol. The summed E-state index contributed by atoms with van der Waals surface area (Å²) >= 11 is 0. The maximum Gasteiger partial charge on any atom is 0.410 e. The Labute approximate surface area is 163 Å². The number of carbonyl (C=O) groups is 2. The number of nitrogens with zero attached hydrogens (tertiary/aromatic N) is 2. The molecule has 1 N–H and O–H groups in total. The van der Waals surface area contributed by atoms with Gasteiger partial charge in [0.2, 0.25) is 5.91 Å². The zero-order valence-corrected chi connectivity index (χ0v) is 17.5. The molecule has 0 unspecified atom stereocenters. The molecule has 0 spiro atoms. The molecule has 7 nitrogen and oxygen atoms in total. The van der Waals surface area contributed by atoms with Crippen LogP contribution in [0.5, 0.6) is 0 Å². The SMILES string of the molecule is COCCN(CC(=O)N[C@@H]1CC[C@@H](N2CCCCC2)C1)C(=O)OC(C)(C)C. The van der Waals surface area contributed by atoms with Gasteiger partial charge in [-0.15, -0.1) is 0 Å². The molecule has 1 saturated heterocycles. The van der Waals surface area contributed by atoms with Gasteiger partial charge in [-0.05, 0) is 66.0 Å². The zero-order valence-electron chi connectivity index (χ0n) is 17.5. The molecule has 1 heterocycles. The van der Waals surface area contributed by atoms with Gasteiger partial charge in [0.1, 0.15) is 12.1 Å². The Hall–Kier alpha value is -1.34. The van der Waals surface area contributed by atoms with Crippen molar-refractivity contribution in [1.82, 2.24) is 15.1 Å². The molecule has 0 aromatic heterocycles. The fourth-order valence-electron chi connectivity index (χ4n) is 3.91. The first-order valence-electron chi connectivity index (χ1n) is 10.3. The van der Waals surface area contributed by atoms with E-state index in [9.17, 15) is 9.59 Å². The van der Waals surface area contributed by atoms with Crippen LogP contribution in [0.25, 0.3) is 0 Å². The number of methoxy groups -OCH3 is 1. The number of amides is 2. The van der Waals surface area contributed by atoms with Crippen LogP contribution in [0.2, 0.25) is 0 Å². The predicted molar refractivity (Wildman–Crippen MR) is 105 cm³/mol. The normalized spacial score (nSPS) is 23.9. The molecule has 27 heavy (non-hydrogen) atoms. The Kier molecular flexibility index (Phi) is 8.35. The molecular formula is C20H37N3O4. The smallest absolute Gasteiger partial charge is 0.410 e. The van der Waals surface area contributed by atoms with Gasteiger partial charge in [-0.3, -0.25) is 9.69 Å². The Morgan fingerprint density at radius 1 is 1.15 bits per heavy atom. The lowest BCUT2D eigenvalue weighted by Crippen LogP contribution is -2.46. The summed E-state index contributed by atoms with van der Waals surface area (Å²) < 4.78 is 10.5. The molecule has 2 atom stereocenters. The summed E-state index contributed by atoms with van der Waals surface area (Å²) in [7, 11) is 1.58. The minimum atomic E-state index is -0.591. The summed E-state index contributed by atoms with van der Waals surface area (Å²) in [5, 5.41) is 3.12. The first-order chi connectivity index (χ1) is 12.8. The van der Waals surface area contributed by atoms with Crippen molar-refractivity contribution in [2.24, 2.45) is 0 Å². The summed E-state index contributed by atoms with van der Waals surface area (Å²) in [6, 6.07) is 0.790. The largest absolute Gasteiger partial charge is 0.444 e. The maximum atomic E-state index is 12.5. The number of hydrogen-bond acceptors (Lipinski definition) is 5. The number of hydrogen-bond donors (Lipinski definition) is 1. The van der Waals surface area contributed by atoms with E-state index in [-0.39, 0.29) is 18.5 Å². The van der Waals surface area contributed by atoms with Crippen molar-refractivity contribution in [3.63, 3.8) is 0 Å².